The van der Waals surface area contributed by atoms with E-state index in [0.717, 1.165) is 37.6 Å². The van der Waals surface area contributed by atoms with E-state index in [1.165, 1.54) is 5.56 Å². The fraction of sp³-hybridized carbons (Fsp3) is 0.625. The lowest BCUT2D eigenvalue weighted by molar-refractivity contribution is 0.138. The Morgan fingerprint density at radius 3 is 2.85 bits per heavy atom. The van der Waals surface area contributed by atoms with Crippen LogP contribution in [0.5, 0.6) is 11.5 Å². The van der Waals surface area contributed by atoms with Crippen molar-refractivity contribution in [2.24, 2.45) is 5.92 Å². The maximum absolute atomic E-state index is 5.99. The van der Waals surface area contributed by atoms with Crippen molar-refractivity contribution in [1.29, 1.82) is 0 Å². The number of methoxy groups -OCH3 is 1. The second kappa shape index (κ2) is 7.50. The SMILES string of the molecule is COc1ccc(CNCC(C)C)cc1OC1CCOC1. The third-order valence-corrected chi connectivity index (χ3v) is 3.29. The van der Waals surface area contributed by atoms with E-state index in [1.807, 2.05) is 6.07 Å². The van der Waals surface area contributed by atoms with E-state index in [4.69, 9.17) is 14.2 Å². The van der Waals surface area contributed by atoms with E-state index in [-0.39, 0.29) is 6.10 Å². The first-order valence-corrected chi connectivity index (χ1v) is 7.31. The molecule has 0 aliphatic carbocycles. The highest BCUT2D eigenvalue weighted by Crippen LogP contribution is 2.30. The van der Waals surface area contributed by atoms with Crippen molar-refractivity contribution in [3.05, 3.63) is 23.8 Å². The van der Waals surface area contributed by atoms with Crippen molar-refractivity contribution in [3.63, 3.8) is 0 Å². The molecule has 4 nitrogen and oxygen atoms in total. The minimum absolute atomic E-state index is 0.141. The first-order chi connectivity index (χ1) is 9.69. The van der Waals surface area contributed by atoms with Gasteiger partial charge in [-0.25, -0.2) is 0 Å². The molecule has 0 aromatic heterocycles. The monoisotopic (exact) mass is 279 g/mol. The highest BCUT2D eigenvalue weighted by atomic mass is 16.6. The Kier molecular flexibility index (Phi) is 5.68. The van der Waals surface area contributed by atoms with Gasteiger partial charge in [-0.2, -0.15) is 0 Å². The van der Waals surface area contributed by atoms with Crippen LogP contribution >= 0.6 is 0 Å². The number of rotatable bonds is 7. The summed E-state index contributed by atoms with van der Waals surface area (Å²) < 4.78 is 16.7. The number of hydrogen-bond donors (Lipinski definition) is 1. The molecule has 0 radical (unpaired) electrons. The van der Waals surface area contributed by atoms with Crippen molar-refractivity contribution in [2.75, 3.05) is 26.9 Å². The summed E-state index contributed by atoms with van der Waals surface area (Å²) in [6.07, 6.45) is 1.08. The van der Waals surface area contributed by atoms with Crippen LogP contribution in [0.25, 0.3) is 0 Å². The van der Waals surface area contributed by atoms with Gasteiger partial charge in [0.25, 0.3) is 0 Å². The van der Waals surface area contributed by atoms with Gasteiger partial charge in [-0.1, -0.05) is 19.9 Å². The van der Waals surface area contributed by atoms with Gasteiger partial charge in [0.15, 0.2) is 11.5 Å². The first-order valence-electron chi connectivity index (χ1n) is 7.31. The van der Waals surface area contributed by atoms with Gasteiger partial charge in [-0.15, -0.1) is 0 Å². The predicted octanol–water partition coefficient (Wildman–Crippen LogP) is 2.61. The molecule has 4 heteroatoms. The molecule has 1 heterocycles. The lowest BCUT2D eigenvalue weighted by Gasteiger charge is -2.16. The summed E-state index contributed by atoms with van der Waals surface area (Å²) in [5.74, 6) is 2.25. The summed E-state index contributed by atoms with van der Waals surface area (Å²) in [4.78, 5) is 0. The second-order valence-corrected chi connectivity index (χ2v) is 5.61. The van der Waals surface area contributed by atoms with Crippen molar-refractivity contribution >= 4 is 0 Å². The number of ether oxygens (including phenoxy) is 3. The quantitative estimate of drug-likeness (QED) is 0.833. The highest BCUT2D eigenvalue weighted by Gasteiger charge is 2.19. The molecule has 0 spiro atoms. The Morgan fingerprint density at radius 1 is 1.35 bits per heavy atom. The number of hydrogen-bond acceptors (Lipinski definition) is 4. The maximum Gasteiger partial charge on any atom is 0.162 e. The molecule has 1 aromatic rings. The fourth-order valence-corrected chi connectivity index (χ4v) is 2.21. The predicted molar refractivity (Wildman–Crippen MR) is 79.4 cm³/mol. The Bertz CT molecular complexity index is 414. The van der Waals surface area contributed by atoms with Crippen molar-refractivity contribution in [2.45, 2.75) is 32.9 Å². The molecule has 20 heavy (non-hydrogen) atoms. The van der Waals surface area contributed by atoms with Crippen LogP contribution in [-0.2, 0) is 11.3 Å². The standard InChI is InChI=1S/C16H25NO3/c1-12(2)9-17-10-13-4-5-15(18-3)16(8-13)20-14-6-7-19-11-14/h4-5,8,12,14,17H,6-7,9-11H2,1-3H3. The van der Waals surface area contributed by atoms with Crippen molar-refractivity contribution in [1.82, 2.24) is 5.32 Å². The minimum Gasteiger partial charge on any atom is -0.493 e. The summed E-state index contributed by atoms with van der Waals surface area (Å²) in [5, 5.41) is 3.44. The van der Waals surface area contributed by atoms with E-state index in [2.05, 4.69) is 31.3 Å². The van der Waals surface area contributed by atoms with Crippen LogP contribution in [0.2, 0.25) is 0 Å². The Hall–Kier alpha value is -1.26. The Morgan fingerprint density at radius 2 is 2.20 bits per heavy atom. The van der Waals surface area contributed by atoms with Crippen LogP contribution in [0.4, 0.5) is 0 Å². The van der Waals surface area contributed by atoms with Gasteiger partial charge in [0.2, 0.25) is 0 Å². The Balaban J connectivity index is 1.99. The van der Waals surface area contributed by atoms with E-state index < -0.39 is 0 Å². The average Bonchev–Trinajstić information content (AvgIpc) is 2.91. The van der Waals surface area contributed by atoms with E-state index in [1.54, 1.807) is 7.11 Å². The Labute approximate surface area is 121 Å². The van der Waals surface area contributed by atoms with Crippen molar-refractivity contribution < 1.29 is 14.2 Å². The van der Waals surface area contributed by atoms with E-state index in [9.17, 15) is 0 Å². The third kappa shape index (κ3) is 4.39. The van der Waals surface area contributed by atoms with Crippen LogP contribution in [0.3, 0.4) is 0 Å². The number of nitrogens with one attached hydrogen (secondary N) is 1. The molecule has 0 saturated carbocycles. The van der Waals surface area contributed by atoms with Crippen LogP contribution in [0.15, 0.2) is 18.2 Å². The molecule has 0 amide bonds. The van der Waals surface area contributed by atoms with Gasteiger partial charge in [-0.3, -0.25) is 0 Å². The molecule has 1 aliphatic heterocycles. The lowest BCUT2D eigenvalue weighted by Crippen LogP contribution is -2.19. The summed E-state index contributed by atoms with van der Waals surface area (Å²) in [5.41, 5.74) is 1.21. The van der Waals surface area contributed by atoms with Gasteiger partial charge < -0.3 is 19.5 Å². The zero-order chi connectivity index (χ0) is 14.4. The summed E-state index contributed by atoms with van der Waals surface area (Å²) >= 11 is 0. The molecule has 1 aliphatic rings. The topological polar surface area (TPSA) is 39.7 Å². The fourth-order valence-electron chi connectivity index (χ4n) is 2.21. The highest BCUT2D eigenvalue weighted by molar-refractivity contribution is 5.43. The molecule has 1 unspecified atom stereocenters. The largest absolute Gasteiger partial charge is 0.493 e. The molecular formula is C16H25NO3. The van der Waals surface area contributed by atoms with E-state index >= 15 is 0 Å². The summed E-state index contributed by atoms with van der Waals surface area (Å²) in [6, 6.07) is 6.10. The molecule has 1 fully saturated rings. The summed E-state index contributed by atoms with van der Waals surface area (Å²) in [7, 11) is 1.67. The zero-order valence-electron chi connectivity index (χ0n) is 12.6. The molecule has 1 N–H and O–H groups in total. The maximum atomic E-state index is 5.99. The average molecular weight is 279 g/mol. The molecule has 0 bridgehead atoms. The van der Waals surface area contributed by atoms with Gasteiger partial charge in [0.1, 0.15) is 6.10 Å². The smallest absolute Gasteiger partial charge is 0.162 e. The first kappa shape index (κ1) is 15.1. The molecule has 1 saturated heterocycles. The summed E-state index contributed by atoms with van der Waals surface area (Å²) in [6.45, 7) is 7.71. The molecule has 2 rings (SSSR count). The zero-order valence-corrected chi connectivity index (χ0v) is 12.6. The van der Waals surface area contributed by atoms with Gasteiger partial charge in [0, 0.05) is 13.0 Å². The second-order valence-electron chi connectivity index (χ2n) is 5.61. The van der Waals surface area contributed by atoms with Crippen LogP contribution in [-0.4, -0.2) is 33.0 Å². The van der Waals surface area contributed by atoms with E-state index in [0.29, 0.717) is 12.5 Å². The van der Waals surface area contributed by atoms with Gasteiger partial charge >= 0.3 is 0 Å². The molecule has 1 aromatic carbocycles. The lowest BCUT2D eigenvalue weighted by atomic mass is 10.1. The normalized spacial score (nSPS) is 18.5. The van der Waals surface area contributed by atoms with Crippen LogP contribution in [0.1, 0.15) is 25.8 Å². The number of benzene rings is 1. The third-order valence-electron chi connectivity index (χ3n) is 3.29. The molecular weight excluding hydrogens is 254 g/mol. The van der Waals surface area contributed by atoms with Gasteiger partial charge in [-0.05, 0) is 30.2 Å². The van der Waals surface area contributed by atoms with Crippen molar-refractivity contribution in [3.8, 4) is 11.5 Å². The molecule has 112 valence electrons. The minimum atomic E-state index is 0.141. The van der Waals surface area contributed by atoms with Crippen LogP contribution in [0, 0.1) is 5.92 Å². The molecule has 1 atom stereocenters. The van der Waals surface area contributed by atoms with Gasteiger partial charge in [0.05, 0.1) is 20.3 Å². The van der Waals surface area contributed by atoms with Crippen LogP contribution < -0.4 is 14.8 Å².